The van der Waals surface area contributed by atoms with Gasteiger partial charge in [-0.2, -0.15) is 0 Å². The molecule has 1 amide bonds. The molecule has 0 bridgehead atoms. The fourth-order valence-electron chi connectivity index (χ4n) is 6.42. The minimum Gasteiger partial charge on any atom is -0.370 e. The van der Waals surface area contributed by atoms with Gasteiger partial charge in [0.15, 0.2) is 11.7 Å². The minimum absolute atomic E-state index is 0. The summed E-state index contributed by atoms with van der Waals surface area (Å²) >= 11 is 0. The summed E-state index contributed by atoms with van der Waals surface area (Å²) in [7, 11) is 0. The Hall–Kier alpha value is -0.840. The van der Waals surface area contributed by atoms with Crippen LogP contribution in [0.15, 0.2) is 4.99 Å². The van der Waals surface area contributed by atoms with E-state index in [9.17, 15) is 9.59 Å². The second-order valence-electron chi connectivity index (χ2n) is 13.9. The number of rotatable bonds is 35. The molecule has 0 aromatic rings. The van der Waals surface area contributed by atoms with E-state index in [2.05, 4.69) is 18.8 Å². The van der Waals surface area contributed by atoms with Crippen molar-refractivity contribution < 1.29 is 9.59 Å². The van der Waals surface area contributed by atoms with E-state index >= 15 is 0 Å². The average molecular weight is 775 g/mol. The highest BCUT2D eigenvalue weighted by atomic mass is 35.5. The van der Waals surface area contributed by atoms with Gasteiger partial charge in [0.05, 0.1) is 12.1 Å². The summed E-state index contributed by atoms with van der Waals surface area (Å²) in [6, 6.07) is -1.61. The lowest BCUT2D eigenvalue weighted by Crippen LogP contribution is -2.53. The van der Waals surface area contributed by atoms with Crippen LogP contribution >= 0.6 is 37.2 Å². The van der Waals surface area contributed by atoms with E-state index in [0.29, 0.717) is 51.9 Å². The summed E-state index contributed by atoms with van der Waals surface area (Å²) in [5.74, 6) is -0.893. The Bertz CT molecular complexity index is 777. The molecular formula is C38H82Cl3N7O2. The summed E-state index contributed by atoms with van der Waals surface area (Å²) in [5.41, 5.74) is 29.6. The Morgan fingerprint density at radius 1 is 0.560 bits per heavy atom. The topological polar surface area (TPSA) is 180 Å². The zero-order valence-corrected chi connectivity index (χ0v) is 34.7. The summed E-state index contributed by atoms with van der Waals surface area (Å²) in [4.78, 5) is 33.2. The number of hydrogen-bond acceptors (Lipinski definition) is 6. The van der Waals surface area contributed by atoms with Crippen molar-refractivity contribution in [2.24, 2.45) is 39.6 Å². The molecule has 0 aliphatic carbocycles. The second-order valence-corrected chi connectivity index (χ2v) is 13.9. The third-order valence-corrected chi connectivity index (χ3v) is 9.51. The molecule has 0 aromatic carbocycles. The van der Waals surface area contributed by atoms with Crippen LogP contribution in [0.5, 0.6) is 0 Å². The molecule has 0 saturated heterocycles. The van der Waals surface area contributed by atoms with Crippen molar-refractivity contribution in [1.29, 1.82) is 0 Å². The van der Waals surface area contributed by atoms with Crippen LogP contribution in [0.2, 0.25) is 0 Å². The standard InChI is InChI=1S/C38H79N7O2.3ClH/c1-3-5-7-9-11-13-15-16-18-20-22-24-32-45(31-23-21-19-17-14-12-10-8-6-4-2)37(47)35(41)33(27-25-29-39)36(46)34(40)28-26-30-44-38(42)43;;;/h33-35H,3-32,39-41H2,1-2H3,(H4,42,43,44);3*1H. The van der Waals surface area contributed by atoms with Crippen LogP contribution in [0.4, 0.5) is 0 Å². The minimum atomic E-state index is -0.904. The molecule has 0 aliphatic heterocycles. The predicted octanol–water partition coefficient (Wildman–Crippen LogP) is 8.33. The smallest absolute Gasteiger partial charge is 0.240 e. The van der Waals surface area contributed by atoms with Gasteiger partial charge >= 0.3 is 0 Å². The molecule has 0 fully saturated rings. The highest BCUT2D eigenvalue weighted by Gasteiger charge is 2.35. The average Bonchev–Trinajstić information content (AvgIpc) is 3.06. The molecule has 0 rings (SSSR count). The molecule has 0 spiro atoms. The molecule has 3 atom stereocenters. The monoisotopic (exact) mass is 774 g/mol. The van der Waals surface area contributed by atoms with Crippen molar-refractivity contribution in [3.8, 4) is 0 Å². The van der Waals surface area contributed by atoms with Crippen molar-refractivity contribution in [2.45, 2.75) is 193 Å². The third-order valence-electron chi connectivity index (χ3n) is 9.51. The highest BCUT2D eigenvalue weighted by Crippen LogP contribution is 2.19. The number of nitrogens with two attached hydrogens (primary N) is 5. The first kappa shape index (κ1) is 55.9. The van der Waals surface area contributed by atoms with Crippen LogP contribution in [0.1, 0.15) is 181 Å². The maximum Gasteiger partial charge on any atom is 0.240 e. The molecule has 302 valence electrons. The molecule has 0 aromatic heterocycles. The molecule has 12 heteroatoms. The van der Waals surface area contributed by atoms with Gasteiger partial charge in [0.25, 0.3) is 0 Å². The van der Waals surface area contributed by atoms with Gasteiger partial charge in [-0.3, -0.25) is 14.6 Å². The first-order valence-corrected chi connectivity index (χ1v) is 19.9. The van der Waals surface area contributed by atoms with Crippen molar-refractivity contribution in [2.75, 3.05) is 26.2 Å². The number of ketones is 1. The molecule has 0 radical (unpaired) electrons. The highest BCUT2D eigenvalue weighted by molar-refractivity contribution is 5.93. The van der Waals surface area contributed by atoms with Crippen LogP contribution in [-0.2, 0) is 9.59 Å². The Balaban J connectivity index is -0.00000353. The number of halogens is 3. The van der Waals surface area contributed by atoms with E-state index in [0.717, 1.165) is 25.7 Å². The van der Waals surface area contributed by atoms with Gasteiger partial charge in [0, 0.05) is 25.6 Å². The van der Waals surface area contributed by atoms with E-state index in [4.69, 9.17) is 28.7 Å². The van der Waals surface area contributed by atoms with E-state index in [-0.39, 0.29) is 54.9 Å². The quantitative estimate of drug-likeness (QED) is 0.0244. The number of amides is 1. The number of unbranched alkanes of at least 4 members (excludes halogenated alkanes) is 20. The molecule has 3 unspecified atom stereocenters. The number of nitrogens with zero attached hydrogens (tertiary/aromatic N) is 2. The van der Waals surface area contributed by atoms with Crippen molar-refractivity contribution in [3.63, 3.8) is 0 Å². The number of Topliss-reactive ketones (excluding diaryl/α,β-unsaturated/α-hetero) is 1. The fraction of sp³-hybridized carbons (Fsp3) is 0.921. The third kappa shape index (κ3) is 31.9. The van der Waals surface area contributed by atoms with Gasteiger partial charge in [0.2, 0.25) is 5.91 Å². The maximum atomic E-state index is 13.9. The first-order valence-electron chi connectivity index (χ1n) is 19.9. The molecule has 0 saturated carbocycles. The maximum absolute atomic E-state index is 13.9. The van der Waals surface area contributed by atoms with Crippen LogP contribution < -0.4 is 28.7 Å². The molecule has 0 aliphatic rings. The Labute approximate surface area is 326 Å². The van der Waals surface area contributed by atoms with Gasteiger partial charge in [-0.1, -0.05) is 142 Å². The van der Waals surface area contributed by atoms with Crippen molar-refractivity contribution in [3.05, 3.63) is 0 Å². The second kappa shape index (κ2) is 40.9. The summed E-state index contributed by atoms with van der Waals surface area (Å²) in [5, 5.41) is 0. The van der Waals surface area contributed by atoms with E-state index < -0.39 is 18.0 Å². The fourth-order valence-corrected chi connectivity index (χ4v) is 6.42. The number of carbonyl (C=O) groups is 2. The number of aliphatic imine (C=N–C) groups is 1. The molecular weight excluding hydrogens is 693 g/mol. The number of guanidine groups is 1. The number of carbonyl (C=O) groups excluding carboxylic acids is 2. The molecule has 10 N–H and O–H groups in total. The van der Waals surface area contributed by atoms with Gasteiger partial charge in [0.1, 0.15) is 0 Å². The van der Waals surface area contributed by atoms with Gasteiger partial charge in [-0.15, -0.1) is 37.2 Å². The zero-order valence-electron chi connectivity index (χ0n) is 32.3. The predicted molar refractivity (Wildman–Crippen MR) is 224 cm³/mol. The Morgan fingerprint density at radius 3 is 1.30 bits per heavy atom. The van der Waals surface area contributed by atoms with Crippen LogP contribution in [0.3, 0.4) is 0 Å². The largest absolute Gasteiger partial charge is 0.370 e. The van der Waals surface area contributed by atoms with Crippen LogP contribution in [0.25, 0.3) is 0 Å². The lowest BCUT2D eigenvalue weighted by Gasteiger charge is -2.30. The Kier molecular flexibility index (Phi) is 45.8. The van der Waals surface area contributed by atoms with Gasteiger partial charge < -0.3 is 33.6 Å². The van der Waals surface area contributed by atoms with Gasteiger partial charge in [-0.05, 0) is 45.1 Å². The van der Waals surface area contributed by atoms with Gasteiger partial charge in [-0.25, -0.2) is 0 Å². The molecule has 0 heterocycles. The SMILES string of the molecule is CCCCCCCCCCCCCCN(CCCCCCCCCCCC)C(=O)C(N)C(CCCN)C(=O)C(N)CCCN=C(N)N.Cl.Cl.Cl. The van der Waals surface area contributed by atoms with Crippen molar-refractivity contribution >= 4 is 54.9 Å². The van der Waals surface area contributed by atoms with E-state index in [1.165, 1.54) is 116 Å². The van der Waals surface area contributed by atoms with E-state index in [1.54, 1.807) is 0 Å². The summed E-state index contributed by atoms with van der Waals surface area (Å²) in [6.45, 7) is 6.76. The zero-order chi connectivity index (χ0) is 35.0. The van der Waals surface area contributed by atoms with Crippen LogP contribution in [-0.4, -0.2) is 60.8 Å². The Morgan fingerprint density at radius 2 is 0.940 bits per heavy atom. The van der Waals surface area contributed by atoms with E-state index in [1.807, 2.05) is 4.90 Å². The normalized spacial score (nSPS) is 12.5. The lowest BCUT2D eigenvalue weighted by molar-refractivity contribution is -0.138. The summed E-state index contributed by atoms with van der Waals surface area (Å²) < 4.78 is 0. The van der Waals surface area contributed by atoms with Crippen molar-refractivity contribution in [1.82, 2.24) is 4.90 Å². The van der Waals surface area contributed by atoms with Crippen LogP contribution in [0, 0.1) is 5.92 Å². The first-order chi connectivity index (χ1) is 22.8. The lowest BCUT2D eigenvalue weighted by atomic mass is 9.85. The summed E-state index contributed by atoms with van der Waals surface area (Å²) in [6.07, 6.45) is 29.9. The number of hydrogen-bond donors (Lipinski definition) is 5. The molecule has 50 heavy (non-hydrogen) atoms. The molecule has 9 nitrogen and oxygen atoms in total.